The van der Waals surface area contributed by atoms with E-state index in [1.54, 1.807) is 6.20 Å². The Hall–Kier alpha value is -1.40. The molecule has 3 heteroatoms. The standard InChI is InChI=1S/C10H5BrN2/c1-2-8-6-12-9-4-3-7(11)5-10(9)13-8/h1,3-6H. The smallest absolute Gasteiger partial charge is 0.131 e. The van der Waals surface area contributed by atoms with Crippen molar-refractivity contribution < 1.29 is 0 Å². The van der Waals surface area contributed by atoms with Gasteiger partial charge in [0.15, 0.2) is 0 Å². The van der Waals surface area contributed by atoms with Crippen LogP contribution in [0.3, 0.4) is 0 Å². The normalized spacial score (nSPS) is 9.85. The van der Waals surface area contributed by atoms with Crippen LogP contribution in [0.15, 0.2) is 28.9 Å². The molecule has 13 heavy (non-hydrogen) atoms. The average molecular weight is 233 g/mol. The van der Waals surface area contributed by atoms with Crippen molar-refractivity contribution in [2.75, 3.05) is 0 Å². The molecule has 0 aliphatic carbocycles. The summed E-state index contributed by atoms with van der Waals surface area (Å²) < 4.78 is 0.975. The van der Waals surface area contributed by atoms with Crippen LogP contribution in [0, 0.1) is 12.3 Å². The average Bonchev–Trinajstić information content (AvgIpc) is 2.16. The van der Waals surface area contributed by atoms with E-state index in [-0.39, 0.29) is 0 Å². The van der Waals surface area contributed by atoms with E-state index in [1.807, 2.05) is 18.2 Å². The lowest BCUT2D eigenvalue weighted by Gasteiger charge is -1.96. The molecule has 2 aromatic rings. The highest BCUT2D eigenvalue weighted by Gasteiger charge is 1.97. The third kappa shape index (κ3) is 1.53. The van der Waals surface area contributed by atoms with Crippen LogP contribution >= 0.6 is 15.9 Å². The van der Waals surface area contributed by atoms with E-state index in [0.717, 1.165) is 15.5 Å². The van der Waals surface area contributed by atoms with Gasteiger partial charge in [0, 0.05) is 4.47 Å². The summed E-state index contributed by atoms with van der Waals surface area (Å²) in [5, 5.41) is 0. The third-order valence-corrected chi connectivity index (χ3v) is 2.15. The second-order valence-electron chi connectivity index (χ2n) is 2.53. The van der Waals surface area contributed by atoms with Gasteiger partial charge in [-0.1, -0.05) is 15.9 Å². The van der Waals surface area contributed by atoms with Gasteiger partial charge < -0.3 is 0 Å². The van der Waals surface area contributed by atoms with Crippen molar-refractivity contribution in [2.24, 2.45) is 0 Å². The van der Waals surface area contributed by atoms with Gasteiger partial charge in [0.1, 0.15) is 5.69 Å². The number of terminal acetylenes is 1. The van der Waals surface area contributed by atoms with Gasteiger partial charge in [0.25, 0.3) is 0 Å². The molecule has 0 saturated carbocycles. The van der Waals surface area contributed by atoms with Gasteiger partial charge in [-0.3, -0.25) is 4.98 Å². The highest BCUT2D eigenvalue weighted by atomic mass is 79.9. The Morgan fingerprint density at radius 1 is 1.31 bits per heavy atom. The van der Waals surface area contributed by atoms with Gasteiger partial charge in [-0.05, 0) is 24.1 Å². The quantitative estimate of drug-likeness (QED) is 0.653. The summed E-state index contributed by atoms with van der Waals surface area (Å²) in [6.07, 6.45) is 6.81. The summed E-state index contributed by atoms with van der Waals surface area (Å²) >= 11 is 3.36. The maximum absolute atomic E-state index is 5.21. The molecule has 1 heterocycles. The fraction of sp³-hybridized carbons (Fsp3) is 0. The molecule has 0 saturated heterocycles. The Morgan fingerprint density at radius 2 is 2.15 bits per heavy atom. The summed E-state index contributed by atoms with van der Waals surface area (Å²) in [5.74, 6) is 2.45. The minimum Gasteiger partial charge on any atom is -0.252 e. The second kappa shape index (κ2) is 3.15. The van der Waals surface area contributed by atoms with Crippen molar-refractivity contribution >= 4 is 27.0 Å². The number of benzene rings is 1. The number of aromatic nitrogens is 2. The molecule has 0 aliphatic heterocycles. The van der Waals surface area contributed by atoms with Gasteiger partial charge in [0.05, 0.1) is 17.2 Å². The van der Waals surface area contributed by atoms with Crippen molar-refractivity contribution in [3.05, 3.63) is 34.6 Å². The molecule has 1 aromatic carbocycles. The van der Waals surface area contributed by atoms with E-state index in [0.29, 0.717) is 5.69 Å². The monoisotopic (exact) mass is 232 g/mol. The lowest BCUT2D eigenvalue weighted by atomic mass is 10.3. The molecule has 0 unspecified atom stereocenters. The van der Waals surface area contributed by atoms with Crippen LogP contribution < -0.4 is 0 Å². The number of nitrogens with zero attached hydrogens (tertiary/aromatic N) is 2. The molecule has 2 rings (SSSR count). The van der Waals surface area contributed by atoms with E-state index < -0.39 is 0 Å². The molecule has 0 amide bonds. The predicted molar refractivity (Wildman–Crippen MR) is 55.2 cm³/mol. The first-order valence-corrected chi connectivity index (χ1v) is 4.48. The zero-order chi connectivity index (χ0) is 9.26. The van der Waals surface area contributed by atoms with Crippen LogP contribution in [-0.4, -0.2) is 9.97 Å². The zero-order valence-electron chi connectivity index (χ0n) is 6.66. The first-order valence-electron chi connectivity index (χ1n) is 3.68. The topological polar surface area (TPSA) is 25.8 Å². The Morgan fingerprint density at radius 3 is 2.92 bits per heavy atom. The second-order valence-corrected chi connectivity index (χ2v) is 3.45. The predicted octanol–water partition coefficient (Wildman–Crippen LogP) is 2.37. The Bertz CT molecular complexity index is 500. The van der Waals surface area contributed by atoms with Gasteiger partial charge >= 0.3 is 0 Å². The number of hydrogen-bond acceptors (Lipinski definition) is 2. The Kier molecular flexibility index (Phi) is 1.99. The number of fused-ring (bicyclic) bond motifs is 1. The van der Waals surface area contributed by atoms with Gasteiger partial charge in [0.2, 0.25) is 0 Å². The first-order chi connectivity index (χ1) is 6.29. The molecule has 0 radical (unpaired) electrons. The molecular formula is C10H5BrN2. The summed E-state index contributed by atoms with van der Waals surface area (Å²) in [6.45, 7) is 0. The largest absolute Gasteiger partial charge is 0.252 e. The van der Waals surface area contributed by atoms with Crippen molar-refractivity contribution in [3.63, 3.8) is 0 Å². The maximum Gasteiger partial charge on any atom is 0.131 e. The maximum atomic E-state index is 5.21. The number of rotatable bonds is 0. The van der Waals surface area contributed by atoms with Crippen molar-refractivity contribution in [1.82, 2.24) is 9.97 Å². The first kappa shape index (κ1) is 8.21. The van der Waals surface area contributed by atoms with Crippen molar-refractivity contribution in [2.45, 2.75) is 0 Å². The van der Waals surface area contributed by atoms with Crippen LogP contribution in [0.1, 0.15) is 5.69 Å². The van der Waals surface area contributed by atoms with Gasteiger partial charge in [-0.25, -0.2) is 4.98 Å². The Labute approximate surface area is 84.1 Å². The molecule has 0 N–H and O–H groups in total. The lowest BCUT2D eigenvalue weighted by Crippen LogP contribution is -1.87. The molecule has 0 atom stereocenters. The van der Waals surface area contributed by atoms with Gasteiger partial charge in [-0.15, -0.1) is 6.42 Å². The zero-order valence-corrected chi connectivity index (χ0v) is 8.25. The molecule has 0 spiro atoms. The van der Waals surface area contributed by atoms with Crippen molar-refractivity contribution in [3.8, 4) is 12.3 Å². The fourth-order valence-electron chi connectivity index (χ4n) is 1.05. The van der Waals surface area contributed by atoms with Crippen LogP contribution in [0.25, 0.3) is 11.0 Å². The van der Waals surface area contributed by atoms with E-state index >= 15 is 0 Å². The molecule has 0 bridgehead atoms. The number of hydrogen-bond donors (Lipinski definition) is 0. The van der Waals surface area contributed by atoms with Gasteiger partial charge in [-0.2, -0.15) is 0 Å². The van der Waals surface area contributed by atoms with Crippen LogP contribution in [0.4, 0.5) is 0 Å². The van der Waals surface area contributed by atoms with E-state index in [9.17, 15) is 0 Å². The highest BCUT2D eigenvalue weighted by molar-refractivity contribution is 9.10. The summed E-state index contributed by atoms with van der Waals surface area (Å²) in [7, 11) is 0. The molecule has 62 valence electrons. The SMILES string of the molecule is C#Cc1cnc2ccc(Br)cc2n1. The molecule has 2 nitrogen and oxygen atoms in total. The summed E-state index contributed by atoms with van der Waals surface area (Å²) in [4.78, 5) is 8.39. The van der Waals surface area contributed by atoms with E-state index in [4.69, 9.17) is 6.42 Å². The van der Waals surface area contributed by atoms with Crippen molar-refractivity contribution in [1.29, 1.82) is 0 Å². The third-order valence-electron chi connectivity index (χ3n) is 1.65. The molecular weight excluding hydrogens is 228 g/mol. The van der Waals surface area contributed by atoms with Crippen LogP contribution in [0.2, 0.25) is 0 Å². The molecule has 0 fully saturated rings. The lowest BCUT2D eigenvalue weighted by molar-refractivity contribution is 1.26. The fourth-order valence-corrected chi connectivity index (χ4v) is 1.40. The molecule has 1 aromatic heterocycles. The number of halogens is 1. The van der Waals surface area contributed by atoms with Crippen LogP contribution in [-0.2, 0) is 0 Å². The highest BCUT2D eigenvalue weighted by Crippen LogP contribution is 2.16. The summed E-state index contributed by atoms with van der Waals surface area (Å²) in [5.41, 5.74) is 2.22. The summed E-state index contributed by atoms with van der Waals surface area (Å²) in [6, 6.07) is 5.71. The Balaban J connectivity index is 2.77. The minimum atomic E-state index is 0.561. The minimum absolute atomic E-state index is 0.561. The molecule has 0 aliphatic rings. The van der Waals surface area contributed by atoms with Crippen LogP contribution in [0.5, 0.6) is 0 Å². The van der Waals surface area contributed by atoms with E-state index in [2.05, 4.69) is 31.8 Å². The van der Waals surface area contributed by atoms with E-state index in [1.165, 1.54) is 0 Å².